The number of carbonyl (C=O) groups is 3. The molecular weight excluding hydrogens is 648 g/mol. The molecule has 51 heavy (non-hydrogen) atoms. The quantitative estimate of drug-likeness (QED) is 0.182. The van der Waals surface area contributed by atoms with Gasteiger partial charge in [-0.15, -0.1) is 0 Å². The first-order valence-corrected chi connectivity index (χ1v) is 17.4. The second-order valence-corrected chi connectivity index (χ2v) is 14.8. The van der Waals surface area contributed by atoms with Crippen LogP contribution in [0.5, 0.6) is 0 Å². The summed E-state index contributed by atoms with van der Waals surface area (Å²) < 4.78 is 10.4. The van der Waals surface area contributed by atoms with Crippen molar-refractivity contribution in [3.8, 4) is 33.6 Å². The van der Waals surface area contributed by atoms with Crippen LogP contribution in [0, 0.1) is 11.8 Å². The number of benzene rings is 2. The summed E-state index contributed by atoms with van der Waals surface area (Å²) >= 11 is 0. The van der Waals surface area contributed by atoms with E-state index in [1.807, 2.05) is 57.8 Å². The summed E-state index contributed by atoms with van der Waals surface area (Å²) in [4.78, 5) is 56.3. The molecule has 5 atom stereocenters. The number of nitrogens with zero attached hydrogens (tertiary/aromatic N) is 5. The average molecular weight is 693 g/mol. The topological polar surface area (TPSA) is 158 Å². The van der Waals surface area contributed by atoms with Gasteiger partial charge in [-0.2, -0.15) is 5.10 Å². The first kappa shape index (κ1) is 34.0. The van der Waals surface area contributed by atoms with Crippen molar-refractivity contribution in [3.05, 3.63) is 72.6 Å². The van der Waals surface area contributed by atoms with Crippen LogP contribution in [0.3, 0.4) is 0 Å². The van der Waals surface area contributed by atoms with Gasteiger partial charge in [0.15, 0.2) is 0 Å². The molecule has 3 aliphatic rings. The molecule has 3 amide bonds. The van der Waals surface area contributed by atoms with Crippen molar-refractivity contribution in [2.24, 2.45) is 16.9 Å². The Morgan fingerprint density at radius 3 is 1.92 bits per heavy atom. The van der Waals surface area contributed by atoms with E-state index in [1.54, 1.807) is 12.4 Å². The van der Waals surface area contributed by atoms with E-state index in [2.05, 4.69) is 66.8 Å². The van der Waals surface area contributed by atoms with Crippen molar-refractivity contribution in [2.75, 3.05) is 7.11 Å². The van der Waals surface area contributed by atoms with Crippen LogP contribution >= 0.6 is 0 Å². The molecular formula is C38H44N8O5. The van der Waals surface area contributed by atoms with Gasteiger partial charge in [0.2, 0.25) is 0 Å². The van der Waals surface area contributed by atoms with Gasteiger partial charge in [0.25, 0.3) is 5.91 Å². The number of methoxy groups -OCH3 is 1. The molecule has 4 heterocycles. The Bertz CT molecular complexity index is 1940. The Hall–Kier alpha value is -5.46. The van der Waals surface area contributed by atoms with Crippen LogP contribution in [0.2, 0.25) is 0 Å². The molecule has 13 nitrogen and oxygen atoms in total. The number of nitrogens with one attached hydrogen (secondary N) is 3. The molecule has 0 radical (unpaired) electrons. The molecule has 0 spiro atoms. The molecule has 1 saturated heterocycles. The van der Waals surface area contributed by atoms with Crippen molar-refractivity contribution in [3.63, 3.8) is 0 Å². The molecule has 7 rings (SSSR count). The largest absolute Gasteiger partial charge is 0.453 e. The van der Waals surface area contributed by atoms with Crippen molar-refractivity contribution in [2.45, 2.75) is 83.6 Å². The maximum absolute atomic E-state index is 13.4. The smallest absolute Gasteiger partial charge is 0.411 e. The van der Waals surface area contributed by atoms with E-state index in [1.165, 1.54) is 12.1 Å². The molecule has 13 heteroatoms. The summed E-state index contributed by atoms with van der Waals surface area (Å²) in [6, 6.07) is 15.4. The van der Waals surface area contributed by atoms with Crippen LogP contribution in [0.25, 0.3) is 33.6 Å². The van der Waals surface area contributed by atoms with Crippen LogP contribution in [0.15, 0.2) is 66.0 Å². The Balaban J connectivity index is 1.01. The van der Waals surface area contributed by atoms with Crippen LogP contribution in [0.4, 0.5) is 9.59 Å². The molecule has 2 aromatic heterocycles. The lowest BCUT2D eigenvalue weighted by molar-refractivity contribution is -0.136. The van der Waals surface area contributed by atoms with Crippen molar-refractivity contribution in [1.29, 1.82) is 0 Å². The lowest BCUT2D eigenvalue weighted by atomic mass is 10.0. The van der Waals surface area contributed by atoms with Crippen LogP contribution < -0.4 is 5.32 Å². The van der Waals surface area contributed by atoms with E-state index in [0.717, 1.165) is 52.3 Å². The average Bonchev–Trinajstić information content (AvgIpc) is 3.65. The number of hydrogen-bond acceptors (Lipinski definition) is 8. The Morgan fingerprint density at radius 2 is 1.39 bits per heavy atom. The summed E-state index contributed by atoms with van der Waals surface area (Å²) in [5, 5.41) is 8.32. The molecule has 1 saturated carbocycles. The Kier molecular flexibility index (Phi) is 8.90. The fourth-order valence-electron chi connectivity index (χ4n) is 6.96. The normalized spacial score (nSPS) is 21.5. The van der Waals surface area contributed by atoms with E-state index < -0.39 is 23.8 Å². The van der Waals surface area contributed by atoms with E-state index in [4.69, 9.17) is 9.47 Å². The second-order valence-electron chi connectivity index (χ2n) is 14.8. The number of hydrazone groups is 1. The van der Waals surface area contributed by atoms with Gasteiger partial charge >= 0.3 is 12.2 Å². The monoisotopic (exact) mass is 692 g/mol. The predicted molar refractivity (Wildman–Crippen MR) is 191 cm³/mol. The van der Waals surface area contributed by atoms with E-state index >= 15 is 0 Å². The fraction of sp³-hybridized carbons (Fsp3) is 0.421. The Labute approximate surface area is 296 Å². The number of aromatic nitrogens is 4. The maximum Gasteiger partial charge on any atom is 0.411 e. The molecule has 2 aliphatic heterocycles. The summed E-state index contributed by atoms with van der Waals surface area (Å²) in [5.74, 6) is 1.42. The highest BCUT2D eigenvalue weighted by Crippen LogP contribution is 2.53. The van der Waals surface area contributed by atoms with Gasteiger partial charge in [-0.3, -0.25) is 9.69 Å². The van der Waals surface area contributed by atoms with Gasteiger partial charge in [-0.05, 0) is 67.7 Å². The van der Waals surface area contributed by atoms with E-state index in [0.29, 0.717) is 18.2 Å². The number of amides is 3. The molecule has 1 aliphatic carbocycles. The number of hydrogen-bond donors (Lipinski definition) is 3. The van der Waals surface area contributed by atoms with Gasteiger partial charge in [0, 0.05) is 18.7 Å². The summed E-state index contributed by atoms with van der Waals surface area (Å²) in [5.41, 5.74) is 5.27. The Morgan fingerprint density at radius 1 is 0.843 bits per heavy atom. The van der Waals surface area contributed by atoms with Gasteiger partial charge in [-0.25, -0.2) is 24.6 Å². The molecule has 3 N–H and O–H groups in total. The lowest BCUT2D eigenvalue weighted by Gasteiger charge is -2.29. The molecule has 2 fully saturated rings. The number of imidazole rings is 2. The zero-order chi connectivity index (χ0) is 36.0. The highest BCUT2D eigenvalue weighted by atomic mass is 16.6. The maximum atomic E-state index is 13.4. The number of fused-ring (bicyclic) bond motifs is 1. The van der Waals surface area contributed by atoms with Crippen LogP contribution in [-0.2, 0) is 14.3 Å². The highest BCUT2D eigenvalue weighted by Gasteiger charge is 2.56. The minimum absolute atomic E-state index is 0.110. The van der Waals surface area contributed by atoms with Gasteiger partial charge in [-0.1, -0.05) is 62.4 Å². The van der Waals surface area contributed by atoms with Crippen molar-refractivity contribution < 1.29 is 23.9 Å². The first-order valence-electron chi connectivity index (χ1n) is 17.4. The third kappa shape index (κ3) is 6.97. The van der Waals surface area contributed by atoms with Crippen LogP contribution in [-0.4, -0.2) is 78.9 Å². The minimum Gasteiger partial charge on any atom is -0.453 e. The van der Waals surface area contributed by atoms with Gasteiger partial charge < -0.3 is 24.8 Å². The van der Waals surface area contributed by atoms with Gasteiger partial charge in [0.1, 0.15) is 29.3 Å². The number of aromatic amines is 2. The highest BCUT2D eigenvalue weighted by molar-refractivity contribution is 5.87. The molecule has 2 aromatic carbocycles. The number of piperidine rings is 1. The third-order valence-corrected chi connectivity index (χ3v) is 9.70. The van der Waals surface area contributed by atoms with Crippen molar-refractivity contribution >= 4 is 24.3 Å². The lowest BCUT2D eigenvalue weighted by Crippen LogP contribution is -2.50. The molecule has 0 bridgehead atoms. The van der Waals surface area contributed by atoms with Gasteiger partial charge in [0.05, 0.1) is 36.9 Å². The number of rotatable bonds is 8. The standard InChI is InChI=1S/C38H44N8O5/c1-21(2)32(44-36(48)50-6)35(47)46-29(15-16-41-46)33-39-19-27(42-33)24-11-7-22(8-12-24)23-9-13-25(14-10-23)28-20-40-34(43-28)31-18-26-17-30(26)45(31)37(49)51-38(3,4)5/h7-14,16,19-21,26,29-32H,15,17-18H2,1-6H3,(H,39,42)(H,40,43)(H,44,48)/t26-,29+,30-,31+,32+/m1/s1. The fourth-order valence-corrected chi connectivity index (χ4v) is 6.96. The molecule has 0 unspecified atom stereocenters. The van der Waals surface area contributed by atoms with E-state index in [-0.39, 0.29) is 30.0 Å². The molecule has 4 aromatic rings. The number of alkyl carbamates (subject to hydrolysis) is 1. The number of ether oxygens (including phenoxy) is 2. The zero-order valence-electron chi connectivity index (χ0n) is 29.7. The third-order valence-electron chi connectivity index (χ3n) is 9.70. The second kappa shape index (κ2) is 13.3. The number of carbonyl (C=O) groups excluding carboxylic acids is 3. The van der Waals surface area contributed by atoms with Crippen molar-refractivity contribution in [1.82, 2.24) is 35.2 Å². The first-order chi connectivity index (χ1) is 24.4. The predicted octanol–water partition coefficient (Wildman–Crippen LogP) is 6.84. The summed E-state index contributed by atoms with van der Waals surface area (Å²) in [6.45, 7) is 9.38. The van der Waals surface area contributed by atoms with Crippen LogP contribution in [0.1, 0.15) is 77.6 Å². The minimum atomic E-state index is -0.789. The number of H-pyrrole nitrogens is 2. The molecule has 266 valence electrons. The SMILES string of the molecule is COC(=O)N[C@H](C(=O)N1N=CC[C@H]1c1ncc(-c2ccc(-c3ccc(-c4cnc([C@@H]5C[C@H]6C[C@H]6N5C(=O)OC(C)(C)C)[nH]4)cc3)cc2)[nH]1)C(C)C. The summed E-state index contributed by atoms with van der Waals surface area (Å²) in [6.07, 6.45) is 6.77. The van der Waals surface area contributed by atoms with E-state index in [9.17, 15) is 14.4 Å². The number of likely N-dealkylation sites (tertiary alicyclic amines) is 1. The summed E-state index contributed by atoms with van der Waals surface area (Å²) in [7, 11) is 1.26. The zero-order valence-corrected chi connectivity index (χ0v) is 29.7.